The molecule has 0 radical (unpaired) electrons. The number of alkyl halides is 3. The number of fused-ring (bicyclic) bond motifs is 1. The van der Waals surface area contributed by atoms with E-state index in [0.717, 1.165) is 12.1 Å². The third kappa shape index (κ3) is 6.00. The molecule has 168 valence electrons. The SMILES string of the molecule is CC(=O)NCCN1C(=O)COc2ccc(NCc3ccc(F)c(C(F)(F)F)c3)cc21.Cl. The first-order valence-electron chi connectivity index (χ1n) is 9.06. The van der Waals surface area contributed by atoms with Crippen LogP contribution in [0.5, 0.6) is 5.75 Å². The van der Waals surface area contributed by atoms with E-state index in [9.17, 15) is 27.2 Å². The topological polar surface area (TPSA) is 70.7 Å². The minimum atomic E-state index is -4.78. The summed E-state index contributed by atoms with van der Waals surface area (Å²) < 4.78 is 57.5. The van der Waals surface area contributed by atoms with Gasteiger partial charge in [0.05, 0.1) is 11.3 Å². The van der Waals surface area contributed by atoms with Crippen LogP contribution in [0.4, 0.5) is 28.9 Å². The number of hydrogen-bond donors (Lipinski definition) is 2. The molecular formula is C20H20ClF4N3O3. The van der Waals surface area contributed by atoms with Crippen molar-refractivity contribution in [3.05, 3.63) is 53.3 Å². The Morgan fingerprint density at radius 2 is 1.94 bits per heavy atom. The maximum atomic E-state index is 13.4. The van der Waals surface area contributed by atoms with E-state index in [1.165, 1.54) is 17.9 Å². The van der Waals surface area contributed by atoms with Crippen LogP contribution in [-0.4, -0.2) is 31.5 Å². The highest BCUT2D eigenvalue weighted by molar-refractivity contribution is 5.98. The number of benzene rings is 2. The zero-order valence-electron chi connectivity index (χ0n) is 16.4. The Morgan fingerprint density at radius 3 is 2.61 bits per heavy atom. The molecule has 2 aromatic carbocycles. The van der Waals surface area contributed by atoms with Crippen LogP contribution in [-0.2, 0) is 22.3 Å². The van der Waals surface area contributed by atoms with Gasteiger partial charge in [0.25, 0.3) is 5.91 Å². The average Bonchev–Trinajstić information content (AvgIpc) is 2.68. The maximum absolute atomic E-state index is 13.4. The van der Waals surface area contributed by atoms with Gasteiger partial charge in [-0.05, 0) is 35.9 Å². The minimum absolute atomic E-state index is 0. The van der Waals surface area contributed by atoms with E-state index < -0.39 is 17.6 Å². The van der Waals surface area contributed by atoms with Crippen molar-refractivity contribution in [2.75, 3.05) is 29.9 Å². The third-order valence-corrected chi connectivity index (χ3v) is 4.44. The third-order valence-electron chi connectivity index (χ3n) is 4.44. The molecule has 2 amide bonds. The first-order chi connectivity index (χ1) is 14.1. The molecule has 31 heavy (non-hydrogen) atoms. The molecule has 11 heteroatoms. The number of carbonyl (C=O) groups excluding carboxylic acids is 2. The van der Waals surface area contributed by atoms with E-state index in [-0.39, 0.29) is 56.0 Å². The Bertz CT molecular complexity index is 969. The van der Waals surface area contributed by atoms with Crippen LogP contribution in [0.15, 0.2) is 36.4 Å². The second-order valence-electron chi connectivity index (χ2n) is 6.67. The van der Waals surface area contributed by atoms with Crippen molar-refractivity contribution in [3.63, 3.8) is 0 Å². The summed E-state index contributed by atoms with van der Waals surface area (Å²) in [6.07, 6.45) is -4.78. The van der Waals surface area contributed by atoms with Gasteiger partial charge in [-0.15, -0.1) is 12.4 Å². The molecule has 1 aliphatic rings. The normalized spacial score (nSPS) is 13.1. The van der Waals surface area contributed by atoms with E-state index in [1.54, 1.807) is 18.2 Å². The Labute approximate surface area is 182 Å². The van der Waals surface area contributed by atoms with Crippen molar-refractivity contribution in [1.82, 2.24) is 5.32 Å². The number of hydrogen-bond acceptors (Lipinski definition) is 4. The Morgan fingerprint density at radius 1 is 1.19 bits per heavy atom. The number of nitrogens with zero attached hydrogens (tertiary/aromatic N) is 1. The van der Waals surface area contributed by atoms with Gasteiger partial charge in [-0.2, -0.15) is 13.2 Å². The second-order valence-corrected chi connectivity index (χ2v) is 6.67. The zero-order valence-corrected chi connectivity index (χ0v) is 17.2. The summed E-state index contributed by atoms with van der Waals surface area (Å²) in [4.78, 5) is 24.7. The fourth-order valence-corrected chi connectivity index (χ4v) is 3.00. The molecule has 0 bridgehead atoms. The Balaban J connectivity index is 0.00000341. The van der Waals surface area contributed by atoms with Crippen LogP contribution in [0.3, 0.4) is 0 Å². The van der Waals surface area contributed by atoms with Crippen molar-refractivity contribution >= 4 is 35.6 Å². The lowest BCUT2D eigenvalue weighted by atomic mass is 10.1. The number of carbonyl (C=O) groups is 2. The van der Waals surface area contributed by atoms with Gasteiger partial charge < -0.3 is 20.3 Å². The van der Waals surface area contributed by atoms with E-state index in [2.05, 4.69) is 10.6 Å². The van der Waals surface area contributed by atoms with Gasteiger partial charge in [0.1, 0.15) is 11.6 Å². The van der Waals surface area contributed by atoms with E-state index >= 15 is 0 Å². The molecule has 0 fully saturated rings. The lowest BCUT2D eigenvalue weighted by molar-refractivity contribution is -0.140. The summed E-state index contributed by atoms with van der Waals surface area (Å²) in [5, 5.41) is 5.58. The molecule has 0 spiro atoms. The van der Waals surface area contributed by atoms with Crippen molar-refractivity contribution < 1.29 is 31.9 Å². The van der Waals surface area contributed by atoms with Gasteiger partial charge in [-0.25, -0.2) is 4.39 Å². The van der Waals surface area contributed by atoms with Gasteiger partial charge in [0.2, 0.25) is 5.91 Å². The minimum Gasteiger partial charge on any atom is -0.482 e. The summed E-state index contributed by atoms with van der Waals surface area (Å²) >= 11 is 0. The van der Waals surface area contributed by atoms with Crippen LogP contribution in [0.1, 0.15) is 18.1 Å². The largest absolute Gasteiger partial charge is 0.482 e. The molecule has 0 aliphatic carbocycles. The van der Waals surface area contributed by atoms with Crippen LogP contribution in [0.25, 0.3) is 0 Å². The lowest BCUT2D eigenvalue weighted by Crippen LogP contribution is -2.43. The Hall–Kier alpha value is -3.01. The van der Waals surface area contributed by atoms with Crippen LogP contribution in [0.2, 0.25) is 0 Å². The smallest absolute Gasteiger partial charge is 0.419 e. The van der Waals surface area contributed by atoms with E-state index in [1.807, 2.05) is 0 Å². The molecule has 0 saturated carbocycles. The zero-order chi connectivity index (χ0) is 21.9. The summed E-state index contributed by atoms with van der Waals surface area (Å²) in [5.41, 5.74) is -0.0576. The number of halogens is 5. The quantitative estimate of drug-likeness (QED) is 0.643. The van der Waals surface area contributed by atoms with E-state index in [4.69, 9.17) is 4.74 Å². The number of ether oxygens (including phenoxy) is 1. The first-order valence-corrected chi connectivity index (χ1v) is 9.06. The van der Waals surface area contributed by atoms with Gasteiger partial charge in [-0.3, -0.25) is 9.59 Å². The van der Waals surface area contributed by atoms with E-state index in [0.29, 0.717) is 17.1 Å². The van der Waals surface area contributed by atoms with Gasteiger partial charge >= 0.3 is 6.18 Å². The monoisotopic (exact) mass is 461 g/mol. The maximum Gasteiger partial charge on any atom is 0.419 e. The molecule has 6 nitrogen and oxygen atoms in total. The predicted molar refractivity (Wildman–Crippen MR) is 109 cm³/mol. The molecule has 2 N–H and O–H groups in total. The van der Waals surface area contributed by atoms with Crippen molar-refractivity contribution in [1.29, 1.82) is 0 Å². The summed E-state index contributed by atoms with van der Waals surface area (Å²) in [6.45, 7) is 1.76. The second kappa shape index (κ2) is 9.86. The van der Waals surface area contributed by atoms with Crippen molar-refractivity contribution in [2.45, 2.75) is 19.6 Å². The van der Waals surface area contributed by atoms with Crippen LogP contribution >= 0.6 is 12.4 Å². The van der Waals surface area contributed by atoms with Gasteiger partial charge in [0.15, 0.2) is 6.61 Å². The first kappa shape index (κ1) is 24.3. The fourth-order valence-electron chi connectivity index (χ4n) is 3.00. The molecule has 2 aromatic rings. The summed E-state index contributed by atoms with van der Waals surface area (Å²) in [5.74, 6) is -1.35. The molecule has 0 saturated heterocycles. The summed E-state index contributed by atoms with van der Waals surface area (Å²) in [7, 11) is 0. The van der Waals surface area contributed by atoms with Gasteiger partial charge in [-0.1, -0.05) is 6.07 Å². The predicted octanol–water partition coefficient (Wildman–Crippen LogP) is 3.74. The van der Waals surface area contributed by atoms with Crippen LogP contribution < -0.4 is 20.3 Å². The van der Waals surface area contributed by atoms with Crippen molar-refractivity contribution in [3.8, 4) is 5.75 Å². The molecule has 0 unspecified atom stereocenters. The Kier molecular flexibility index (Phi) is 7.72. The molecule has 0 aromatic heterocycles. The number of amides is 2. The standard InChI is InChI=1S/C20H19F4N3O3.ClH/c1-12(28)25-6-7-27-17-9-14(3-5-18(17)30-11-19(27)29)26-10-13-2-4-16(21)15(8-13)20(22,23)24;/h2-5,8-9,26H,6-7,10-11H2,1H3,(H,25,28);1H. The molecular weight excluding hydrogens is 442 g/mol. The lowest BCUT2D eigenvalue weighted by Gasteiger charge is -2.30. The summed E-state index contributed by atoms with van der Waals surface area (Å²) in [6, 6.07) is 7.74. The highest BCUT2D eigenvalue weighted by Gasteiger charge is 2.34. The molecule has 1 aliphatic heterocycles. The fraction of sp³-hybridized carbons (Fsp3) is 0.300. The van der Waals surface area contributed by atoms with Crippen LogP contribution in [0, 0.1) is 5.82 Å². The van der Waals surface area contributed by atoms with Crippen molar-refractivity contribution in [2.24, 2.45) is 0 Å². The average molecular weight is 462 g/mol. The molecule has 1 heterocycles. The molecule has 0 atom stereocenters. The highest BCUT2D eigenvalue weighted by Crippen LogP contribution is 2.35. The number of rotatable bonds is 6. The molecule has 3 rings (SSSR count). The number of anilines is 2. The number of nitrogens with one attached hydrogen (secondary N) is 2. The highest BCUT2D eigenvalue weighted by atomic mass is 35.5. The van der Waals surface area contributed by atoms with Gasteiger partial charge in [0, 0.05) is 32.2 Å².